The summed E-state index contributed by atoms with van der Waals surface area (Å²) in [5, 5.41) is 1.39. The molecule has 0 unspecified atom stereocenters. The highest BCUT2D eigenvalue weighted by Crippen LogP contribution is 2.25. The van der Waals surface area contributed by atoms with Gasteiger partial charge in [-0.1, -0.05) is 17.7 Å². The van der Waals surface area contributed by atoms with Crippen molar-refractivity contribution in [3.05, 3.63) is 65.1 Å². The largest absolute Gasteiger partial charge is 0.453 e. The maximum atomic E-state index is 13.1. The monoisotopic (exact) mass is 320 g/mol. The van der Waals surface area contributed by atoms with Crippen LogP contribution in [0.4, 0.5) is 4.39 Å². The van der Waals surface area contributed by atoms with Crippen LogP contribution in [0.25, 0.3) is 11.0 Å². The minimum Gasteiger partial charge on any atom is -0.453 e. The van der Waals surface area contributed by atoms with E-state index >= 15 is 0 Å². The summed E-state index contributed by atoms with van der Waals surface area (Å²) >= 11 is 7.17. The van der Waals surface area contributed by atoms with Gasteiger partial charge in [-0.2, -0.15) is 0 Å². The molecule has 1 heterocycles. The zero-order valence-corrected chi connectivity index (χ0v) is 12.4. The van der Waals surface area contributed by atoms with Gasteiger partial charge in [-0.05, 0) is 42.5 Å². The van der Waals surface area contributed by atoms with Gasteiger partial charge in [0.15, 0.2) is 5.76 Å². The number of halogens is 2. The number of fused-ring (bicyclic) bond motifs is 1. The normalized spacial score (nSPS) is 11.0. The lowest BCUT2D eigenvalue weighted by molar-refractivity contribution is 0.0994. The topological polar surface area (TPSA) is 30.2 Å². The van der Waals surface area contributed by atoms with Crippen LogP contribution in [0.15, 0.2) is 57.8 Å². The van der Waals surface area contributed by atoms with Crippen molar-refractivity contribution >= 4 is 40.1 Å². The first-order chi connectivity index (χ1) is 10.1. The number of carbonyl (C=O) groups is 1. The van der Waals surface area contributed by atoms with Gasteiger partial charge in [0.25, 0.3) is 0 Å². The third kappa shape index (κ3) is 3.28. The average molecular weight is 321 g/mol. The van der Waals surface area contributed by atoms with Crippen molar-refractivity contribution in [1.29, 1.82) is 0 Å². The Morgan fingerprint density at radius 1 is 1.19 bits per heavy atom. The number of Topliss-reactive ketones (excluding diaryl/α,β-unsaturated/α-hetero) is 1. The lowest BCUT2D eigenvalue weighted by Crippen LogP contribution is -2.00. The van der Waals surface area contributed by atoms with E-state index in [1.807, 2.05) is 0 Å². The summed E-state index contributed by atoms with van der Waals surface area (Å²) in [6.07, 6.45) is 0. The van der Waals surface area contributed by atoms with Crippen LogP contribution in [0, 0.1) is 5.82 Å². The highest BCUT2D eigenvalue weighted by atomic mass is 35.5. The van der Waals surface area contributed by atoms with E-state index in [0.717, 1.165) is 5.39 Å². The van der Waals surface area contributed by atoms with E-state index in [1.165, 1.54) is 23.9 Å². The fourth-order valence-electron chi connectivity index (χ4n) is 1.93. The number of furan rings is 1. The van der Waals surface area contributed by atoms with Crippen LogP contribution in [0.2, 0.25) is 5.02 Å². The van der Waals surface area contributed by atoms with Gasteiger partial charge in [0.05, 0.1) is 5.75 Å². The maximum Gasteiger partial charge on any atom is 0.208 e. The molecule has 0 fully saturated rings. The molecule has 3 aromatic rings. The molecule has 2 nitrogen and oxygen atoms in total. The fourth-order valence-corrected chi connectivity index (χ4v) is 2.92. The molecule has 3 rings (SSSR count). The Morgan fingerprint density at radius 3 is 2.86 bits per heavy atom. The van der Waals surface area contributed by atoms with E-state index in [4.69, 9.17) is 16.0 Å². The molecule has 1 aromatic heterocycles. The van der Waals surface area contributed by atoms with E-state index in [1.54, 1.807) is 36.4 Å². The molecule has 0 spiro atoms. The molecule has 5 heteroatoms. The summed E-state index contributed by atoms with van der Waals surface area (Å²) in [7, 11) is 0. The van der Waals surface area contributed by atoms with Crippen LogP contribution in [0.1, 0.15) is 10.6 Å². The number of thioether (sulfide) groups is 1. The van der Waals surface area contributed by atoms with Crippen LogP contribution in [-0.2, 0) is 0 Å². The van der Waals surface area contributed by atoms with Crippen LogP contribution in [0.3, 0.4) is 0 Å². The Hall–Kier alpha value is -1.78. The number of rotatable bonds is 4. The Bertz CT molecular complexity index is 813. The van der Waals surface area contributed by atoms with Crippen molar-refractivity contribution in [1.82, 2.24) is 0 Å². The highest BCUT2D eigenvalue weighted by Gasteiger charge is 2.13. The zero-order chi connectivity index (χ0) is 14.8. The third-order valence-electron chi connectivity index (χ3n) is 2.92. The van der Waals surface area contributed by atoms with Gasteiger partial charge in [0, 0.05) is 15.3 Å². The number of benzene rings is 2. The van der Waals surface area contributed by atoms with Gasteiger partial charge in [-0.3, -0.25) is 4.79 Å². The van der Waals surface area contributed by atoms with Crippen molar-refractivity contribution in [2.45, 2.75) is 4.90 Å². The van der Waals surface area contributed by atoms with Gasteiger partial charge < -0.3 is 4.42 Å². The molecular formula is C16H10ClFO2S. The quantitative estimate of drug-likeness (QED) is 0.489. The molecule has 21 heavy (non-hydrogen) atoms. The molecule has 106 valence electrons. The summed E-state index contributed by atoms with van der Waals surface area (Å²) in [4.78, 5) is 12.8. The van der Waals surface area contributed by atoms with Crippen molar-refractivity contribution in [3.63, 3.8) is 0 Å². The molecule has 0 atom stereocenters. The zero-order valence-electron chi connectivity index (χ0n) is 10.8. The third-order valence-corrected chi connectivity index (χ3v) is 4.15. The van der Waals surface area contributed by atoms with Crippen LogP contribution >= 0.6 is 23.4 Å². The van der Waals surface area contributed by atoms with Gasteiger partial charge >= 0.3 is 0 Å². The maximum absolute atomic E-state index is 13.1. The Kier molecular flexibility index (Phi) is 3.99. The summed E-state index contributed by atoms with van der Waals surface area (Å²) in [5.74, 6) is 0.0235. The molecule has 0 saturated heterocycles. The fraction of sp³-hybridized carbons (Fsp3) is 0.0625. The van der Waals surface area contributed by atoms with E-state index < -0.39 is 0 Å². The van der Waals surface area contributed by atoms with E-state index in [2.05, 4.69) is 0 Å². The second kappa shape index (κ2) is 5.92. The number of hydrogen-bond donors (Lipinski definition) is 0. The molecule has 0 aliphatic heterocycles. The Labute approximate surface area is 129 Å². The minimum absolute atomic E-state index is 0.142. The number of carbonyl (C=O) groups excluding carboxylic acids is 1. The van der Waals surface area contributed by atoms with Gasteiger partial charge in [0.1, 0.15) is 11.4 Å². The average Bonchev–Trinajstić information content (AvgIpc) is 2.88. The molecule has 0 N–H and O–H groups in total. The predicted molar refractivity (Wildman–Crippen MR) is 82.7 cm³/mol. The Balaban J connectivity index is 1.74. The van der Waals surface area contributed by atoms with Crippen molar-refractivity contribution in [2.75, 3.05) is 5.75 Å². The van der Waals surface area contributed by atoms with E-state index in [-0.39, 0.29) is 23.1 Å². The summed E-state index contributed by atoms with van der Waals surface area (Å²) < 4.78 is 18.6. The van der Waals surface area contributed by atoms with E-state index in [9.17, 15) is 9.18 Å². The molecule has 0 aliphatic rings. The molecule has 2 aromatic carbocycles. The lowest BCUT2D eigenvalue weighted by atomic mass is 10.2. The van der Waals surface area contributed by atoms with Crippen molar-refractivity contribution < 1.29 is 13.6 Å². The second-order valence-corrected chi connectivity index (χ2v) is 5.95. The first-order valence-electron chi connectivity index (χ1n) is 6.22. The molecular weight excluding hydrogens is 311 g/mol. The van der Waals surface area contributed by atoms with Crippen molar-refractivity contribution in [3.8, 4) is 0 Å². The van der Waals surface area contributed by atoms with Crippen LogP contribution in [-0.4, -0.2) is 11.5 Å². The van der Waals surface area contributed by atoms with E-state index in [0.29, 0.717) is 15.5 Å². The molecule has 0 bridgehead atoms. The predicted octanol–water partition coefficient (Wildman–Crippen LogP) is 5.20. The molecule has 0 saturated carbocycles. The molecule has 0 radical (unpaired) electrons. The minimum atomic E-state index is -0.314. The van der Waals surface area contributed by atoms with Gasteiger partial charge in [0.2, 0.25) is 5.78 Å². The first kappa shape index (κ1) is 14.2. The first-order valence-corrected chi connectivity index (χ1v) is 7.59. The second-order valence-electron chi connectivity index (χ2n) is 4.46. The summed E-state index contributed by atoms with van der Waals surface area (Å²) in [5.41, 5.74) is 0.624. The van der Waals surface area contributed by atoms with Crippen LogP contribution < -0.4 is 0 Å². The highest BCUT2D eigenvalue weighted by molar-refractivity contribution is 8.00. The number of hydrogen-bond acceptors (Lipinski definition) is 3. The van der Waals surface area contributed by atoms with Crippen molar-refractivity contribution in [2.24, 2.45) is 0 Å². The Morgan fingerprint density at radius 2 is 2.05 bits per heavy atom. The van der Waals surface area contributed by atoms with Crippen LogP contribution in [0.5, 0.6) is 0 Å². The van der Waals surface area contributed by atoms with Gasteiger partial charge in [-0.15, -0.1) is 11.8 Å². The standard InChI is InChI=1S/C16H10ClFO2S/c17-11-4-5-15-10(6-11)7-16(20-15)14(19)9-21-13-3-1-2-12(18)8-13/h1-8H,9H2. The molecule has 0 amide bonds. The SMILES string of the molecule is O=C(CSc1cccc(F)c1)c1cc2cc(Cl)ccc2o1. The number of ketones is 1. The smallest absolute Gasteiger partial charge is 0.208 e. The lowest BCUT2D eigenvalue weighted by Gasteiger charge is -1.99. The van der Waals surface area contributed by atoms with Gasteiger partial charge in [-0.25, -0.2) is 4.39 Å². The molecule has 0 aliphatic carbocycles. The summed E-state index contributed by atoms with van der Waals surface area (Å²) in [6, 6.07) is 13.0. The summed E-state index contributed by atoms with van der Waals surface area (Å²) in [6.45, 7) is 0.